The van der Waals surface area contributed by atoms with Crippen molar-refractivity contribution in [2.75, 3.05) is 7.05 Å². The van der Waals surface area contributed by atoms with Crippen molar-refractivity contribution in [3.63, 3.8) is 0 Å². The molecule has 0 atom stereocenters. The van der Waals surface area contributed by atoms with Gasteiger partial charge >= 0.3 is 27.1 Å². The Labute approximate surface area is 321 Å². The van der Waals surface area contributed by atoms with Crippen LogP contribution in [0.4, 0.5) is 5.69 Å². The molecule has 0 saturated carbocycles. The molecule has 0 saturated heterocycles. The van der Waals surface area contributed by atoms with E-state index in [4.69, 9.17) is 24.7 Å². The van der Waals surface area contributed by atoms with Crippen molar-refractivity contribution in [2.45, 2.75) is 13.8 Å². The van der Waals surface area contributed by atoms with E-state index in [1.807, 2.05) is 101 Å². The molecule has 256 valence electrons. The summed E-state index contributed by atoms with van der Waals surface area (Å²) >= 11 is 0. The second kappa shape index (κ2) is 14.0. The fourth-order valence-electron chi connectivity index (χ4n) is 6.33. The molecule has 9 heteroatoms. The quantitative estimate of drug-likeness (QED) is 0.118. The van der Waals surface area contributed by atoms with E-state index in [-0.39, 0.29) is 21.1 Å². The van der Waals surface area contributed by atoms with Crippen LogP contribution < -0.4 is 4.74 Å². The molecular weight excluding hydrogens is 838 g/mol. The molecule has 0 aliphatic carbocycles. The van der Waals surface area contributed by atoms with Crippen LogP contribution in [-0.4, -0.2) is 46.7 Å². The summed E-state index contributed by atoms with van der Waals surface area (Å²) in [6.45, 7) is 4.13. The molecule has 0 unspecified atom stereocenters. The molecule has 0 N–H and O–H groups in total. The Kier molecular flexibility index (Phi) is 8.93. The first-order valence-corrected chi connectivity index (χ1v) is 17.0. The summed E-state index contributed by atoms with van der Waals surface area (Å²) in [5, 5.41) is 2.01. The summed E-state index contributed by atoms with van der Waals surface area (Å²) in [4.78, 5) is 19.9. The average molecular weight is 869 g/mol. The average Bonchev–Trinajstić information content (AvgIpc) is 3.76. The van der Waals surface area contributed by atoms with Gasteiger partial charge in [0.15, 0.2) is 18.7 Å². The Bertz CT molecular complexity index is 2700. The van der Waals surface area contributed by atoms with Crippen molar-refractivity contribution in [1.82, 2.24) is 24.5 Å². The zero-order chi connectivity index (χ0) is 35.2. The second-order valence-electron chi connectivity index (χ2n) is 12.7. The van der Waals surface area contributed by atoms with Gasteiger partial charge in [0.05, 0.1) is 0 Å². The number of aromatic nitrogens is 5. The number of para-hydroxylation sites is 1. The number of benzene rings is 5. The third-order valence-corrected chi connectivity index (χ3v) is 8.98. The minimum Gasteiger partial charge on any atom is -0.508 e. The van der Waals surface area contributed by atoms with Crippen molar-refractivity contribution in [2.24, 2.45) is 0 Å². The van der Waals surface area contributed by atoms with Crippen LogP contribution in [-0.2, 0) is 21.1 Å². The molecule has 3 aromatic heterocycles. The van der Waals surface area contributed by atoms with E-state index in [1.54, 1.807) is 6.20 Å². The molecule has 5 aromatic carbocycles. The van der Waals surface area contributed by atoms with Gasteiger partial charge in [-0.15, -0.1) is 23.6 Å². The number of aryl methyl sites for hydroxylation is 2. The van der Waals surface area contributed by atoms with Crippen molar-refractivity contribution in [3.8, 4) is 51.5 Å². The van der Waals surface area contributed by atoms with Gasteiger partial charge in [0.1, 0.15) is 17.3 Å². The van der Waals surface area contributed by atoms with Gasteiger partial charge in [0.2, 0.25) is 6.20 Å². The van der Waals surface area contributed by atoms with Gasteiger partial charge in [-0.05, 0) is 43.0 Å². The first-order valence-electron chi connectivity index (χ1n) is 17.0. The zero-order valence-electron chi connectivity index (χ0n) is 29.1. The van der Waals surface area contributed by atoms with Crippen LogP contribution in [0.2, 0.25) is 0 Å². The van der Waals surface area contributed by atoms with Gasteiger partial charge < -0.3 is 9.30 Å². The minimum atomic E-state index is 0. The number of fused-ring (bicyclic) bond motifs is 3. The van der Waals surface area contributed by atoms with E-state index in [1.165, 1.54) is 0 Å². The Morgan fingerprint density at radius 3 is 2.02 bits per heavy atom. The summed E-state index contributed by atoms with van der Waals surface area (Å²) in [6, 6.07) is 48.8. The topological polar surface area (TPSA) is 71.7 Å². The van der Waals surface area contributed by atoms with Crippen LogP contribution in [0.5, 0.6) is 11.5 Å². The third-order valence-electron chi connectivity index (χ3n) is 8.98. The number of nitrogens with zero attached hydrogens (tertiary/aromatic N) is 7. The number of hydrogen-bond donors (Lipinski definition) is 0. The molecule has 53 heavy (non-hydrogen) atoms. The summed E-state index contributed by atoms with van der Waals surface area (Å²) in [7, 11) is 1.93. The largest absolute Gasteiger partial charge is 2.00 e. The fourth-order valence-corrected chi connectivity index (χ4v) is 6.33. The van der Waals surface area contributed by atoms with Crippen molar-refractivity contribution in [1.29, 1.82) is 0 Å². The van der Waals surface area contributed by atoms with Crippen LogP contribution in [0, 0.1) is 26.0 Å². The Morgan fingerprint density at radius 1 is 0.679 bits per heavy atom. The standard InChI is InChI=1S/C44H31N7O.Pt/c1-29-14-18-31(19-15-29)42-46-43(32-20-16-30(2)17-21-32)48-44(47-42)37-26-36-35-11-4-5-12-38(35)51(41-13-6-7-22-45-41)39(36)27-40(37)52-34-10-8-9-33(25-34)50-24-23-49(3)28-50;/h4-24,26H,1-3H3;/q;+2. The predicted molar refractivity (Wildman–Crippen MR) is 202 cm³/mol. The van der Waals surface area contributed by atoms with Gasteiger partial charge in [0, 0.05) is 34.3 Å². The van der Waals surface area contributed by atoms with Crippen LogP contribution in [0.1, 0.15) is 11.1 Å². The van der Waals surface area contributed by atoms with E-state index in [0.717, 1.165) is 55.6 Å². The molecule has 9 rings (SSSR count). The van der Waals surface area contributed by atoms with Gasteiger partial charge in [-0.25, -0.2) is 19.9 Å². The van der Waals surface area contributed by atoms with Crippen molar-refractivity contribution >= 4 is 33.5 Å². The summed E-state index contributed by atoms with van der Waals surface area (Å²) < 4.78 is 12.6. The van der Waals surface area contributed by atoms with Gasteiger partial charge in [-0.1, -0.05) is 111 Å². The summed E-state index contributed by atoms with van der Waals surface area (Å²) in [5.74, 6) is 3.31. The SMILES string of the molecule is Cc1ccc(-c2nc(-c3ccc(C)cc3)nc(-c3cc4c5ccccc5n(-c5ccccn5)c4[c-]c3Oc3[c-]c([N+]4=C=[N+](C)C=C4)ccc3)n2)cc1.[Pt+2]. The van der Waals surface area contributed by atoms with E-state index in [9.17, 15) is 0 Å². The molecule has 1 aliphatic heterocycles. The number of hydrogen-bond acceptors (Lipinski definition) is 5. The smallest absolute Gasteiger partial charge is 0.508 e. The minimum absolute atomic E-state index is 0. The van der Waals surface area contributed by atoms with Crippen LogP contribution in [0.25, 0.3) is 61.8 Å². The monoisotopic (exact) mass is 868 g/mol. The number of ether oxygens (including phenoxy) is 1. The van der Waals surface area contributed by atoms with Crippen LogP contribution in [0.3, 0.4) is 0 Å². The molecular formula is C44H31N7OPt+2. The van der Waals surface area contributed by atoms with E-state index in [2.05, 4.69) is 79.0 Å². The maximum absolute atomic E-state index is 6.77. The van der Waals surface area contributed by atoms with E-state index >= 15 is 0 Å². The summed E-state index contributed by atoms with van der Waals surface area (Å²) in [6.07, 6.45) is 5.65. The molecule has 1 aliphatic rings. The van der Waals surface area contributed by atoms with Gasteiger partial charge in [-0.3, -0.25) is 0 Å². The maximum Gasteiger partial charge on any atom is 2.00 e. The Balaban J connectivity index is 0.00000400. The number of rotatable bonds is 7. The first kappa shape index (κ1) is 33.8. The maximum atomic E-state index is 6.77. The number of pyridine rings is 1. The molecule has 0 amide bonds. The molecule has 0 spiro atoms. The first-order chi connectivity index (χ1) is 25.5. The van der Waals surface area contributed by atoms with Crippen molar-refractivity contribution < 1.29 is 35.0 Å². The van der Waals surface area contributed by atoms with E-state index < -0.39 is 0 Å². The summed E-state index contributed by atoms with van der Waals surface area (Å²) in [5.41, 5.74) is 7.34. The van der Waals surface area contributed by atoms with Crippen LogP contribution in [0.15, 0.2) is 134 Å². The Hall–Kier alpha value is -6.33. The molecule has 0 bridgehead atoms. The Morgan fingerprint density at radius 2 is 1.36 bits per heavy atom. The fraction of sp³-hybridized carbons (Fsp3) is 0.0682. The molecule has 8 aromatic rings. The van der Waals surface area contributed by atoms with Gasteiger partial charge in [0.25, 0.3) is 6.20 Å². The molecule has 0 fully saturated rings. The normalized spacial score (nSPS) is 12.1. The molecule has 4 heterocycles. The zero-order valence-corrected chi connectivity index (χ0v) is 31.3. The third kappa shape index (κ3) is 6.51. The van der Waals surface area contributed by atoms with Gasteiger partial charge in [-0.2, -0.15) is 6.07 Å². The van der Waals surface area contributed by atoms with Crippen LogP contribution >= 0.6 is 0 Å². The predicted octanol–water partition coefficient (Wildman–Crippen LogP) is 9.32. The second-order valence-corrected chi connectivity index (χ2v) is 12.7. The molecule has 8 nitrogen and oxygen atoms in total. The molecule has 0 radical (unpaired) electrons. The van der Waals surface area contributed by atoms with Crippen molar-refractivity contribution in [3.05, 3.63) is 157 Å². The van der Waals surface area contributed by atoms with E-state index in [0.29, 0.717) is 34.5 Å².